The van der Waals surface area contributed by atoms with Crippen molar-refractivity contribution in [2.24, 2.45) is 0 Å². The van der Waals surface area contributed by atoms with E-state index in [1.54, 1.807) is 22.7 Å². The fourth-order valence-electron chi connectivity index (χ4n) is 6.79. The molecule has 8 aromatic carbocycles. The Balaban J connectivity index is 1.41. The Morgan fingerprint density at radius 1 is 0.386 bits per heavy atom. The second-order valence-electron chi connectivity index (χ2n) is 11.0. The van der Waals surface area contributed by atoms with Crippen molar-refractivity contribution in [1.82, 2.24) is 0 Å². The molecule has 0 amide bonds. The third-order valence-corrected chi connectivity index (χ3v) is 11.0. The summed E-state index contributed by atoms with van der Waals surface area (Å²) < 4.78 is 76.8. The Kier molecular flexibility index (Phi) is 3.77. The molecule has 0 unspecified atom stereocenters. The van der Waals surface area contributed by atoms with Gasteiger partial charge >= 0.3 is 0 Å². The first-order valence-electron chi connectivity index (χ1n) is 18.4. The molecule has 2 aromatic heterocycles. The molecule has 0 saturated carbocycles. The third-order valence-electron chi connectivity index (χ3n) is 8.69. The van der Waals surface area contributed by atoms with E-state index >= 15 is 0 Å². The molecule has 0 atom stereocenters. The van der Waals surface area contributed by atoms with Crippen molar-refractivity contribution in [1.29, 1.82) is 0 Å². The Morgan fingerprint density at radius 2 is 0.955 bits per heavy atom. The molecule has 44 heavy (non-hydrogen) atoms. The van der Waals surface area contributed by atoms with Crippen LogP contribution in [-0.4, -0.2) is 0 Å². The summed E-state index contributed by atoms with van der Waals surface area (Å²) in [5.41, 5.74) is 1.94. The van der Waals surface area contributed by atoms with E-state index in [0.717, 1.165) is 51.1 Å². The molecule has 0 nitrogen and oxygen atoms in total. The van der Waals surface area contributed by atoms with E-state index in [4.69, 9.17) is 5.48 Å². The van der Waals surface area contributed by atoms with Gasteiger partial charge in [0.1, 0.15) is 0 Å². The van der Waals surface area contributed by atoms with E-state index in [2.05, 4.69) is 30.3 Å². The van der Waals surface area contributed by atoms with E-state index in [1.165, 1.54) is 0 Å². The molecule has 0 fully saturated rings. The van der Waals surface area contributed by atoms with Crippen LogP contribution < -0.4 is 0 Å². The minimum absolute atomic E-state index is 0.222. The number of hydrogen-bond acceptors (Lipinski definition) is 2. The normalized spacial score (nSPS) is 14.6. The number of fused-ring (bicyclic) bond motifs is 10. The molecule has 0 N–H and O–H groups in total. The zero-order valence-corrected chi connectivity index (χ0v) is 24.7. The summed E-state index contributed by atoms with van der Waals surface area (Å²) in [4.78, 5) is 0. The summed E-state index contributed by atoms with van der Waals surface area (Å²) in [5.74, 6) is 0. The molecule has 0 aliphatic carbocycles. The second kappa shape index (κ2) is 9.24. The predicted molar refractivity (Wildman–Crippen MR) is 196 cm³/mol. The molecule has 0 spiro atoms. The Hall–Kier alpha value is -5.02. The molecule has 0 bridgehead atoms. The summed E-state index contributed by atoms with van der Waals surface area (Å²) in [7, 11) is 0. The van der Waals surface area contributed by atoms with Crippen LogP contribution in [0.2, 0.25) is 0 Å². The highest BCUT2D eigenvalue weighted by Crippen LogP contribution is 2.47. The average Bonchev–Trinajstić information content (AvgIpc) is 3.74. The van der Waals surface area contributed by atoms with Crippen molar-refractivity contribution in [3.05, 3.63) is 145 Å². The highest BCUT2D eigenvalue weighted by Gasteiger charge is 2.18. The highest BCUT2D eigenvalue weighted by atomic mass is 32.1. The molecule has 10 rings (SSSR count). The van der Waals surface area contributed by atoms with Crippen molar-refractivity contribution >= 4 is 95.3 Å². The van der Waals surface area contributed by atoms with E-state index < -0.39 is 24.2 Å². The molecular weight excluding hydrogens is 569 g/mol. The van der Waals surface area contributed by atoms with Gasteiger partial charge in [0.2, 0.25) is 0 Å². The van der Waals surface area contributed by atoms with Gasteiger partial charge in [-0.15, -0.1) is 22.7 Å². The van der Waals surface area contributed by atoms with E-state index in [-0.39, 0.29) is 45.7 Å². The summed E-state index contributed by atoms with van der Waals surface area (Å²) >= 11 is 3.28. The monoisotopic (exact) mass is 600 g/mol. The zero-order chi connectivity index (χ0) is 35.7. The van der Waals surface area contributed by atoms with Crippen LogP contribution in [-0.2, 0) is 0 Å². The predicted octanol–water partition coefficient (Wildman–Crippen LogP) is 13.2. The molecule has 0 aliphatic rings. The number of benzene rings is 8. The highest BCUT2D eigenvalue weighted by molar-refractivity contribution is 7.26. The number of hydrogen-bond donors (Lipinski definition) is 0. The minimum Gasteiger partial charge on any atom is -0.135 e. The minimum atomic E-state index is -0.404. The second-order valence-corrected chi connectivity index (χ2v) is 13.2. The van der Waals surface area contributed by atoms with Gasteiger partial charge < -0.3 is 0 Å². The van der Waals surface area contributed by atoms with Gasteiger partial charge in [-0.05, 0) is 84.9 Å². The molecule has 2 heteroatoms. The third kappa shape index (κ3) is 3.44. The Bertz CT molecular complexity index is 3150. The molecule has 0 saturated heterocycles. The zero-order valence-electron chi connectivity index (χ0n) is 31.1. The van der Waals surface area contributed by atoms with Gasteiger partial charge in [-0.3, -0.25) is 0 Å². The molecule has 2 heterocycles. The van der Waals surface area contributed by atoms with Gasteiger partial charge in [0, 0.05) is 40.3 Å². The van der Waals surface area contributed by atoms with Gasteiger partial charge in [-0.2, -0.15) is 0 Å². The lowest BCUT2D eigenvalue weighted by Crippen LogP contribution is -1.90. The van der Waals surface area contributed by atoms with Gasteiger partial charge in [-0.25, -0.2) is 0 Å². The van der Waals surface area contributed by atoms with Crippen LogP contribution in [0.25, 0.3) is 94.9 Å². The smallest absolute Gasteiger partial charge is 0.0629 e. The fraction of sp³-hybridized carbons (Fsp3) is 0. The van der Waals surface area contributed by atoms with Gasteiger partial charge in [0.25, 0.3) is 0 Å². The van der Waals surface area contributed by atoms with E-state index in [9.17, 15) is 5.48 Å². The lowest BCUT2D eigenvalue weighted by atomic mass is 9.85. The average molecular weight is 601 g/mol. The topological polar surface area (TPSA) is 0 Å². The fourth-order valence-corrected chi connectivity index (χ4v) is 9.03. The van der Waals surface area contributed by atoms with Crippen LogP contribution in [0, 0.1) is 0 Å². The number of thiophene rings is 2. The molecule has 0 radical (unpaired) electrons. The Labute approximate surface area is 273 Å². The first-order chi connectivity index (χ1) is 25.1. The maximum Gasteiger partial charge on any atom is 0.0629 e. The number of rotatable bonds is 2. The lowest BCUT2D eigenvalue weighted by molar-refractivity contribution is 1.70. The molecule has 204 valence electrons. The standard InChI is InChI=1S/C42H24S2/c1-2-10-28-25(9-1)18-22-38-42(28)34-20-17-27(24-39(34)44-38)41-32-14-5-3-12-30(32)40(31-13-4-6-15-33(31)41)26-19-21-37-35(23-26)29-11-7-8-16-36(29)43-37/h1-24H/i3D,4D,5D,6D,12D,13D,14D,15D. The van der Waals surface area contributed by atoms with Crippen LogP contribution in [0.5, 0.6) is 0 Å². The van der Waals surface area contributed by atoms with Crippen molar-refractivity contribution in [2.75, 3.05) is 0 Å². The largest absolute Gasteiger partial charge is 0.135 e. The van der Waals surface area contributed by atoms with Crippen molar-refractivity contribution < 1.29 is 11.0 Å². The summed E-state index contributed by atoms with van der Waals surface area (Å²) in [6, 6.07) is 29.7. The van der Waals surface area contributed by atoms with E-state index in [0.29, 0.717) is 22.3 Å². The molecular formula is C42H24S2. The van der Waals surface area contributed by atoms with Crippen LogP contribution >= 0.6 is 22.7 Å². The van der Waals surface area contributed by atoms with Gasteiger partial charge in [-0.1, -0.05) is 115 Å². The maximum atomic E-state index is 9.35. The van der Waals surface area contributed by atoms with Crippen molar-refractivity contribution in [2.45, 2.75) is 0 Å². The molecule has 0 aliphatic heterocycles. The van der Waals surface area contributed by atoms with Gasteiger partial charge in [0.05, 0.1) is 11.0 Å². The first kappa shape index (κ1) is 17.9. The van der Waals surface area contributed by atoms with Crippen LogP contribution in [0.1, 0.15) is 11.0 Å². The maximum absolute atomic E-state index is 9.35. The SMILES string of the molecule is [2H]c1c([2H])c([2H])c2c(-c3ccc4sc5ccccc5c4c3)c3c([2H])c([2H])c([2H])c([2H])c3c(-c3ccc4c(c3)sc3ccc5ccccc5c34)c2c1[2H]. The quantitative estimate of drug-likeness (QED) is 0.173. The summed E-state index contributed by atoms with van der Waals surface area (Å²) in [6.45, 7) is 0. The van der Waals surface area contributed by atoms with Crippen molar-refractivity contribution in [3.8, 4) is 22.3 Å². The molecule has 10 aromatic rings. The summed E-state index contributed by atoms with van der Waals surface area (Å²) in [6.07, 6.45) is 0. The lowest BCUT2D eigenvalue weighted by Gasteiger charge is -2.18. The van der Waals surface area contributed by atoms with E-state index in [1.807, 2.05) is 66.7 Å². The Morgan fingerprint density at radius 3 is 1.70 bits per heavy atom. The summed E-state index contributed by atoms with van der Waals surface area (Å²) in [5, 5.41) is 7.35. The van der Waals surface area contributed by atoms with Crippen LogP contribution in [0.4, 0.5) is 0 Å². The van der Waals surface area contributed by atoms with Crippen LogP contribution in [0.15, 0.2) is 145 Å². The van der Waals surface area contributed by atoms with Crippen molar-refractivity contribution in [3.63, 3.8) is 0 Å². The van der Waals surface area contributed by atoms with Gasteiger partial charge in [0.15, 0.2) is 0 Å². The first-order valence-corrected chi connectivity index (χ1v) is 16.0. The van der Waals surface area contributed by atoms with Crippen LogP contribution in [0.3, 0.4) is 0 Å².